The Hall–Kier alpha value is -0.570. The van der Waals surface area contributed by atoms with Crippen molar-refractivity contribution < 1.29 is 5.11 Å². The first-order valence-corrected chi connectivity index (χ1v) is 6.56. The zero-order valence-corrected chi connectivity index (χ0v) is 11.0. The highest BCUT2D eigenvalue weighted by Gasteiger charge is 2.47. The number of hydrogen-bond donors (Lipinski definition) is 1. The van der Waals surface area contributed by atoms with Gasteiger partial charge in [0.15, 0.2) is 0 Å². The molecule has 17 heavy (non-hydrogen) atoms. The minimum absolute atomic E-state index is 0.332. The third kappa shape index (κ3) is 1.70. The SMILES string of the molecule is CN1CC2Cc3ccc(Cl)cc3C(C)(O)C2C1. The Morgan fingerprint density at radius 2 is 2.18 bits per heavy atom. The van der Waals surface area contributed by atoms with Crippen molar-refractivity contribution in [3.63, 3.8) is 0 Å². The lowest BCUT2D eigenvalue weighted by molar-refractivity contribution is -0.0264. The van der Waals surface area contributed by atoms with E-state index in [1.165, 1.54) is 5.56 Å². The number of halogens is 1. The van der Waals surface area contributed by atoms with E-state index < -0.39 is 5.60 Å². The monoisotopic (exact) mass is 251 g/mol. The van der Waals surface area contributed by atoms with Gasteiger partial charge in [0.1, 0.15) is 0 Å². The Bertz CT molecular complexity index is 458. The van der Waals surface area contributed by atoms with Crippen LogP contribution in [0.25, 0.3) is 0 Å². The molecule has 2 aliphatic rings. The lowest BCUT2D eigenvalue weighted by Gasteiger charge is -2.40. The molecule has 1 aromatic rings. The van der Waals surface area contributed by atoms with Crippen LogP contribution in [0.2, 0.25) is 5.02 Å². The predicted octanol–water partition coefficient (Wildman–Crippen LogP) is 2.28. The van der Waals surface area contributed by atoms with E-state index in [1.54, 1.807) is 0 Å². The normalized spacial score (nSPS) is 36.7. The van der Waals surface area contributed by atoms with Crippen LogP contribution >= 0.6 is 11.6 Å². The van der Waals surface area contributed by atoms with Gasteiger partial charge < -0.3 is 10.0 Å². The van der Waals surface area contributed by atoms with Crippen LogP contribution in [0.1, 0.15) is 18.1 Å². The lowest BCUT2D eigenvalue weighted by Crippen LogP contribution is -2.41. The highest BCUT2D eigenvalue weighted by Crippen LogP contribution is 2.46. The molecule has 1 aromatic carbocycles. The third-order valence-corrected chi connectivity index (χ3v) is 4.68. The molecule has 3 atom stereocenters. The minimum Gasteiger partial charge on any atom is -0.385 e. The second-order valence-electron chi connectivity index (χ2n) is 5.74. The largest absolute Gasteiger partial charge is 0.385 e. The van der Waals surface area contributed by atoms with E-state index in [9.17, 15) is 5.11 Å². The van der Waals surface area contributed by atoms with Gasteiger partial charge in [0.25, 0.3) is 0 Å². The fourth-order valence-electron chi connectivity index (χ4n) is 3.61. The molecule has 0 amide bonds. The van der Waals surface area contributed by atoms with Crippen LogP contribution in [0.3, 0.4) is 0 Å². The molecule has 1 heterocycles. The molecule has 1 N–H and O–H groups in total. The van der Waals surface area contributed by atoms with Crippen molar-refractivity contribution in [1.29, 1.82) is 0 Å². The fourth-order valence-corrected chi connectivity index (χ4v) is 3.78. The van der Waals surface area contributed by atoms with E-state index in [-0.39, 0.29) is 0 Å². The number of rotatable bonds is 0. The van der Waals surface area contributed by atoms with E-state index in [0.717, 1.165) is 25.1 Å². The van der Waals surface area contributed by atoms with E-state index in [0.29, 0.717) is 16.9 Å². The van der Waals surface area contributed by atoms with Crippen LogP contribution in [0.5, 0.6) is 0 Å². The van der Waals surface area contributed by atoms with Crippen LogP contribution in [-0.2, 0) is 12.0 Å². The maximum Gasteiger partial charge on any atom is 0.0915 e. The molecule has 1 fully saturated rings. The van der Waals surface area contributed by atoms with Crippen LogP contribution in [0.15, 0.2) is 18.2 Å². The van der Waals surface area contributed by atoms with Gasteiger partial charge in [0, 0.05) is 24.0 Å². The number of likely N-dealkylation sites (tertiary alicyclic amines) is 1. The Morgan fingerprint density at radius 3 is 2.94 bits per heavy atom. The average molecular weight is 252 g/mol. The summed E-state index contributed by atoms with van der Waals surface area (Å²) in [5.41, 5.74) is 1.55. The lowest BCUT2D eigenvalue weighted by atomic mass is 9.68. The zero-order chi connectivity index (χ0) is 12.2. The third-order valence-electron chi connectivity index (χ3n) is 4.44. The first-order valence-electron chi connectivity index (χ1n) is 6.18. The number of aliphatic hydroxyl groups is 1. The van der Waals surface area contributed by atoms with Crippen LogP contribution in [0.4, 0.5) is 0 Å². The van der Waals surface area contributed by atoms with Crippen molar-refractivity contribution in [2.45, 2.75) is 18.9 Å². The summed E-state index contributed by atoms with van der Waals surface area (Å²) < 4.78 is 0. The summed E-state index contributed by atoms with van der Waals surface area (Å²) in [4.78, 5) is 2.32. The van der Waals surface area contributed by atoms with Gasteiger partial charge in [0.05, 0.1) is 5.60 Å². The van der Waals surface area contributed by atoms with E-state index in [4.69, 9.17) is 11.6 Å². The molecule has 0 saturated carbocycles. The van der Waals surface area contributed by atoms with E-state index >= 15 is 0 Å². The summed E-state index contributed by atoms with van der Waals surface area (Å²) in [6.07, 6.45) is 1.07. The summed E-state index contributed by atoms with van der Waals surface area (Å²) in [6.45, 7) is 4.00. The molecule has 3 rings (SSSR count). The Balaban J connectivity index is 2.09. The minimum atomic E-state index is -0.742. The van der Waals surface area contributed by atoms with Gasteiger partial charge in [-0.25, -0.2) is 0 Å². The molecule has 0 bridgehead atoms. The molecule has 2 nitrogen and oxygen atoms in total. The van der Waals surface area contributed by atoms with Crippen molar-refractivity contribution in [2.75, 3.05) is 20.1 Å². The van der Waals surface area contributed by atoms with Gasteiger partial charge >= 0.3 is 0 Å². The molecule has 1 aliphatic carbocycles. The second-order valence-corrected chi connectivity index (χ2v) is 6.18. The summed E-state index contributed by atoms with van der Waals surface area (Å²) in [5.74, 6) is 0.905. The summed E-state index contributed by atoms with van der Waals surface area (Å²) >= 11 is 6.05. The van der Waals surface area contributed by atoms with Gasteiger partial charge in [-0.05, 0) is 49.6 Å². The highest BCUT2D eigenvalue weighted by molar-refractivity contribution is 6.30. The zero-order valence-electron chi connectivity index (χ0n) is 10.3. The van der Waals surface area contributed by atoms with Crippen molar-refractivity contribution in [2.24, 2.45) is 11.8 Å². The maximum atomic E-state index is 10.9. The Labute approximate surface area is 107 Å². The van der Waals surface area contributed by atoms with Crippen LogP contribution in [-0.4, -0.2) is 30.1 Å². The summed E-state index contributed by atoms with van der Waals surface area (Å²) in [7, 11) is 2.13. The van der Waals surface area contributed by atoms with Gasteiger partial charge in [-0.2, -0.15) is 0 Å². The Kier molecular flexibility index (Phi) is 2.51. The quantitative estimate of drug-likeness (QED) is 0.765. The average Bonchev–Trinajstić information content (AvgIpc) is 2.62. The topological polar surface area (TPSA) is 23.5 Å². The molecule has 3 unspecified atom stereocenters. The second kappa shape index (κ2) is 3.71. The smallest absolute Gasteiger partial charge is 0.0915 e. The number of nitrogens with zero attached hydrogens (tertiary/aromatic N) is 1. The molecular formula is C14H18ClNO. The molecule has 1 aliphatic heterocycles. The first kappa shape index (κ1) is 11.5. The molecule has 1 saturated heterocycles. The fraction of sp³-hybridized carbons (Fsp3) is 0.571. The van der Waals surface area contributed by atoms with Crippen molar-refractivity contribution in [1.82, 2.24) is 4.90 Å². The highest BCUT2D eigenvalue weighted by atomic mass is 35.5. The standard InChI is InChI=1S/C14H18ClNO/c1-14(17)12-6-11(15)4-3-9(12)5-10-7-16(2)8-13(10)14/h3-4,6,10,13,17H,5,7-8H2,1-2H3. The van der Waals surface area contributed by atoms with Gasteiger partial charge in [0.2, 0.25) is 0 Å². The van der Waals surface area contributed by atoms with Gasteiger partial charge in [-0.1, -0.05) is 17.7 Å². The van der Waals surface area contributed by atoms with Gasteiger partial charge in [-0.15, -0.1) is 0 Å². The van der Waals surface area contributed by atoms with Crippen molar-refractivity contribution in [3.8, 4) is 0 Å². The van der Waals surface area contributed by atoms with Crippen LogP contribution in [0, 0.1) is 11.8 Å². The number of fused-ring (bicyclic) bond motifs is 2. The molecule has 0 radical (unpaired) electrons. The number of benzene rings is 1. The van der Waals surface area contributed by atoms with Crippen molar-refractivity contribution in [3.05, 3.63) is 34.3 Å². The predicted molar refractivity (Wildman–Crippen MR) is 69.2 cm³/mol. The molecule has 3 heteroatoms. The summed E-state index contributed by atoms with van der Waals surface area (Å²) in [5, 5.41) is 11.6. The first-order chi connectivity index (χ1) is 7.98. The molecule has 92 valence electrons. The number of hydrogen-bond acceptors (Lipinski definition) is 2. The maximum absolute atomic E-state index is 10.9. The van der Waals surface area contributed by atoms with E-state index in [2.05, 4.69) is 18.0 Å². The van der Waals surface area contributed by atoms with Crippen LogP contribution < -0.4 is 0 Å². The molecule has 0 aromatic heterocycles. The van der Waals surface area contributed by atoms with Crippen molar-refractivity contribution >= 4 is 11.6 Å². The van der Waals surface area contributed by atoms with E-state index in [1.807, 2.05) is 19.1 Å². The Morgan fingerprint density at radius 1 is 1.41 bits per heavy atom. The summed E-state index contributed by atoms with van der Waals surface area (Å²) in [6, 6.07) is 5.93. The van der Waals surface area contributed by atoms with Gasteiger partial charge in [-0.3, -0.25) is 0 Å². The molecular weight excluding hydrogens is 234 g/mol. The molecule has 0 spiro atoms.